The molecule has 0 aliphatic heterocycles. The van der Waals surface area contributed by atoms with Gasteiger partial charge in [0.2, 0.25) is 0 Å². The summed E-state index contributed by atoms with van der Waals surface area (Å²) < 4.78 is 0. The number of nitriles is 1. The lowest BCUT2D eigenvalue weighted by Crippen LogP contribution is -2.46. The predicted octanol–water partition coefficient (Wildman–Crippen LogP) is 2.68. The second kappa shape index (κ2) is 6.04. The van der Waals surface area contributed by atoms with Gasteiger partial charge in [-0.3, -0.25) is 5.32 Å². The molecule has 18 heavy (non-hydrogen) atoms. The Labute approximate surface area is 112 Å². The molecule has 1 N–H and O–H groups in total. The Balaban J connectivity index is 1.81. The van der Waals surface area contributed by atoms with E-state index in [0.29, 0.717) is 6.04 Å². The van der Waals surface area contributed by atoms with E-state index in [0.717, 1.165) is 25.6 Å². The first-order valence-electron chi connectivity index (χ1n) is 7.60. The number of nitrogens with one attached hydrogen (secondary N) is 1. The fourth-order valence-corrected chi connectivity index (χ4v) is 3.07. The molecule has 0 spiro atoms. The zero-order valence-electron chi connectivity index (χ0n) is 11.9. The second-order valence-electron chi connectivity index (χ2n) is 6.18. The first kappa shape index (κ1) is 13.8. The summed E-state index contributed by atoms with van der Waals surface area (Å²) in [5.41, 5.74) is -0.326. The van der Waals surface area contributed by atoms with Gasteiger partial charge >= 0.3 is 0 Å². The summed E-state index contributed by atoms with van der Waals surface area (Å²) >= 11 is 0. The van der Waals surface area contributed by atoms with Gasteiger partial charge < -0.3 is 4.90 Å². The van der Waals surface area contributed by atoms with Gasteiger partial charge in [0.05, 0.1) is 6.07 Å². The van der Waals surface area contributed by atoms with E-state index in [1.807, 2.05) is 0 Å². The SMILES string of the molecule is CCN(CCC(C)(C#N)NC1CC1)C1CCCC1. The van der Waals surface area contributed by atoms with Crippen molar-refractivity contribution < 1.29 is 0 Å². The van der Waals surface area contributed by atoms with Crippen LogP contribution >= 0.6 is 0 Å². The zero-order chi connectivity index (χ0) is 13.0. The van der Waals surface area contributed by atoms with Crippen LogP contribution in [0.5, 0.6) is 0 Å². The van der Waals surface area contributed by atoms with E-state index < -0.39 is 0 Å². The summed E-state index contributed by atoms with van der Waals surface area (Å²) in [6.07, 6.45) is 8.92. The molecule has 0 aromatic rings. The molecule has 2 saturated carbocycles. The Morgan fingerprint density at radius 2 is 1.94 bits per heavy atom. The van der Waals surface area contributed by atoms with Gasteiger partial charge in [-0.1, -0.05) is 19.8 Å². The molecule has 0 bridgehead atoms. The molecule has 102 valence electrons. The Morgan fingerprint density at radius 1 is 1.28 bits per heavy atom. The van der Waals surface area contributed by atoms with Crippen LogP contribution in [0.1, 0.15) is 58.8 Å². The summed E-state index contributed by atoms with van der Waals surface area (Å²) in [4.78, 5) is 2.58. The third kappa shape index (κ3) is 3.70. The van der Waals surface area contributed by atoms with Crippen LogP contribution in [-0.4, -0.2) is 35.6 Å². The third-order valence-corrected chi connectivity index (χ3v) is 4.49. The molecule has 0 radical (unpaired) electrons. The molecule has 1 atom stereocenters. The van der Waals surface area contributed by atoms with Crippen LogP contribution in [0.3, 0.4) is 0 Å². The van der Waals surface area contributed by atoms with Crippen LogP contribution in [0.15, 0.2) is 0 Å². The Kier molecular flexibility index (Phi) is 4.64. The van der Waals surface area contributed by atoms with Crippen molar-refractivity contribution in [3.05, 3.63) is 0 Å². The summed E-state index contributed by atoms with van der Waals surface area (Å²) in [5, 5.41) is 12.9. The summed E-state index contributed by atoms with van der Waals surface area (Å²) in [5.74, 6) is 0. The lowest BCUT2D eigenvalue weighted by Gasteiger charge is -2.31. The normalized spacial score (nSPS) is 24.1. The summed E-state index contributed by atoms with van der Waals surface area (Å²) in [7, 11) is 0. The highest BCUT2D eigenvalue weighted by Crippen LogP contribution is 2.26. The highest BCUT2D eigenvalue weighted by Gasteiger charge is 2.33. The minimum absolute atomic E-state index is 0.326. The minimum Gasteiger partial charge on any atom is -0.301 e. The quantitative estimate of drug-likeness (QED) is 0.754. The fraction of sp³-hybridized carbons (Fsp3) is 0.933. The van der Waals surface area contributed by atoms with Gasteiger partial charge in [-0.25, -0.2) is 0 Å². The smallest absolute Gasteiger partial charge is 0.105 e. The monoisotopic (exact) mass is 249 g/mol. The average molecular weight is 249 g/mol. The third-order valence-electron chi connectivity index (χ3n) is 4.49. The highest BCUT2D eigenvalue weighted by molar-refractivity contribution is 5.07. The van der Waals surface area contributed by atoms with E-state index in [4.69, 9.17) is 0 Å². The molecule has 0 heterocycles. The van der Waals surface area contributed by atoms with E-state index in [1.54, 1.807) is 0 Å². The number of nitrogens with zero attached hydrogens (tertiary/aromatic N) is 2. The van der Waals surface area contributed by atoms with E-state index in [9.17, 15) is 5.26 Å². The molecular weight excluding hydrogens is 222 g/mol. The molecule has 2 aliphatic rings. The van der Waals surface area contributed by atoms with E-state index >= 15 is 0 Å². The van der Waals surface area contributed by atoms with Gasteiger partial charge in [0.15, 0.2) is 0 Å². The molecule has 2 rings (SSSR count). The van der Waals surface area contributed by atoms with E-state index in [1.165, 1.54) is 38.5 Å². The van der Waals surface area contributed by atoms with Crippen molar-refractivity contribution in [2.24, 2.45) is 0 Å². The van der Waals surface area contributed by atoms with Crippen LogP contribution in [0.25, 0.3) is 0 Å². The van der Waals surface area contributed by atoms with Crippen LogP contribution in [0.2, 0.25) is 0 Å². The standard InChI is InChI=1S/C15H27N3/c1-3-18(14-6-4-5-7-14)11-10-15(2,12-16)17-13-8-9-13/h13-14,17H,3-11H2,1-2H3. The molecule has 2 fully saturated rings. The lowest BCUT2D eigenvalue weighted by atomic mass is 9.98. The Hall–Kier alpha value is -0.590. The fourth-order valence-electron chi connectivity index (χ4n) is 3.07. The van der Waals surface area contributed by atoms with Crippen molar-refractivity contribution in [3.63, 3.8) is 0 Å². The van der Waals surface area contributed by atoms with Crippen molar-refractivity contribution in [3.8, 4) is 6.07 Å². The van der Waals surface area contributed by atoms with Gasteiger partial charge in [-0.15, -0.1) is 0 Å². The van der Waals surface area contributed by atoms with E-state index in [-0.39, 0.29) is 5.54 Å². The van der Waals surface area contributed by atoms with Crippen molar-refractivity contribution in [1.82, 2.24) is 10.2 Å². The number of hydrogen-bond donors (Lipinski definition) is 1. The van der Waals surface area contributed by atoms with Crippen LogP contribution in [0.4, 0.5) is 0 Å². The predicted molar refractivity (Wildman–Crippen MR) is 74.3 cm³/mol. The first-order valence-corrected chi connectivity index (χ1v) is 7.60. The molecule has 1 unspecified atom stereocenters. The molecule has 0 saturated heterocycles. The van der Waals surface area contributed by atoms with Crippen molar-refractivity contribution in [2.45, 2.75) is 76.4 Å². The maximum atomic E-state index is 9.38. The lowest BCUT2D eigenvalue weighted by molar-refractivity contribution is 0.190. The average Bonchev–Trinajstić information content (AvgIpc) is 3.01. The zero-order valence-corrected chi connectivity index (χ0v) is 11.9. The topological polar surface area (TPSA) is 39.1 Å². The highest BCUT2D eigenvalue weighted by atomic mass is 15.2. The van der Waals surface area contributed by atoms with Gasteiger partial charge in [0.25, 0.3) is 0 Å². The van der Waals surface area contributed by atoms with Crippen molar-refractivity contribution >= 4 is 0 Å². The maximum Gasteiger partial charge on any atom is 0.105 e. The van der Waals surface area contributed by atoms with Gasteiger partial charge in [-0.05, 0) is 45.6 Å². The first-order chi connectivity index (χ1) is 8.67. The van der Waals surface area contributed by atoms with E-state index in [2.05, 4.69) is 30.1 Å². The number of hydrogen-bond acceptors (Lipinski definition) is 3. The van der Waals surface area contributed by atoms with Crippen LogP contribution in [0, 0.1) is 11.3 Å². The minimum atomic E-state index is -0.326. The number of rotatable bonds is 7. The summed E-state index contributed by atoms with van der Waals surface area (Å²) in [6, 6.07) is 3.87. The molecule has 0 amide bonds. The van der Waals surface area contributed by atoms with Gasteiger partial charge in [-0.2, -0.15) is 5.26 Å². The van der Waals surface area contributed by atoms with Crippen molar-refractivity contribution in [2.75, 3.05) is 13.1 Å². The van der Waals surface area contributed by atoms with Crippen molar-refractivity contribution in [1.29, 1.82) is 5.26 Å². The summed E-state index contributed by atoms with van der Waals surface area (Å²) in [6.45, 7) is 6.49. The van der Waals surface area contributed by atoms with Crippen LogP contribution in [-0.2, 0) is 0 Å². The Bertz CT molecular complexity index is 299. The largest absolute Gasteiger partial charge is 0.301 e. The van der Waals surface area contributed by atoms with Crippen LogP contribution < -0.4 is 5.32 Å². The maximum absolute atomic E-state index is 9.38. The van der Waals surface area contributed by atoms with Gasteiger partial charge in [0, 0.05) is 18.6 Å². The molecular formula is C15H27N3. The van der Waals surface area contributed by atoms with Gasteiger partial charge in [0.1, 0.15) is 5.54 Å². The molecule has 3 nitrogen and oxygen atoms in total. The molecule has 0 aromatic heterocycles. The molecule has 3 heteroatoms. The molecule has 0 aromatic carbocycles. The molecule has 2 aliphatic carbocycles. The Morgan fingerprint density at radius 3 is 2.44 bits per heavy atom. The second-order valence-corrected chi connectivity index (χ2v) is 6.18.